The Morgan fingerprint density at radius 2 is 1.80 bits per heavy atom. The third kappa shape index (κ3) is 5.69. The van der Waals surface area contributed by atoms with Crippen LogP contribution in [0.15, 0.2) is 97.2 Å². The number of H-pyrrole nitrogens is 1. The third-order valence-corrected chi connectivity index (χ3v) is 8.44. The van der Waals surface area contributed by atoms with Crippen molar-refractivity contribution in [3.05, 3.63) is 131 Å². The van der Waals surface area contributed by atoms with E-state index < -0.39 is 0 Å². The Bertz CT molecular complexity index is 1920. The average molecular weight is 586 g/mol. The number of ether oxygens (including phenoxy) is 1. The van der Waals surface area contributed by atoms with Gasteiger partial charge in [0.15, 0.2) is 5.69 Å². The van der Waals surface area contributed by atoms with E-state index in [4.69, 9.17) is 4.74 Å². The summed E-state index contributed by atoms with van der Waals surface area (Å²) in [7, 11) is 0. The molecule has 0 spiro atoms. The number of aliphatic hydroxyl groups is 1. The van der Waals surface area contributed by atoms with Crippen LogP contribution in [0, 0.1) is 0 Å². The van der Waals surface area contributed by atoms with Gasteiger partial charge in [-0.25, -0.2) is 0 Å². The van der Waals surface area contributed by atoms with Crippen LogP contribution in [0.2, 0.25) is 0 Å². The molecule has 4 aromatic carbocycles. The molecule has 0 atom stereocenters. The second kappa shape index (κ2) is 12.4. The lowest BCUT2D eigenvalue weighted by atomic mass is 10.0. The monoisotopic (exact) mass is 585 g/mol. The number of hydrogen-bond donors (Lipinski definition) is 3. The first-order valence-electron chi connectivity index (χ1n) is 15.1. The van der Waals surface area contributed by atoms with Gasteiger partial charge in [0.1, 0.15) is 12.4 Å². The van der Waals surface area contributed by atoms with Crippen molar-refractivity contribution in [1.82, 2.24) is 25.0 Å². The van der Waals surface area contributed by atoms with Crippen LogP contribution in [0.3, 0.4) is 0 Å². The number of carbonyl (C=O) groups excluding carboxylic acids is 1. The van der Waals surface area contributed by atoms with Crippen LogP contribution < -0.4 is 10.1 Å². The zero-order valence-corrected chi connectivity index (χ0v) is 24.5. The number of carbonyl (C=O) groups is 1. The molecule has 0 saturated heterocycles. The maximum atomic E-state index is 13.5. The highest BCUT2D eigenvalue weighted by atomic mass is 16.5. The van der Waals surface area contributed by atoms with E-state index in [1.165, 1.54) is 5.56 Å². The molecule has 7 rings (SSSR count). The summed E-state index contributed by atoms with van der Waals surface area (Å²) in [5.74, 6) is 0.635. The number of fused-ring (bicyclic) bond motifs is 3. The smallest absolute Gasteiger partial charge is 0.272 e. The second-order valence-electron chi connectivity index (χ2n) is 11.3. The first-order chi connectivity index (χ1) is 21.7. The lowest BCUT2D eigenvalue weighted by molar-refractivity contribution is 0.0942. The zero-order chi connectivity index (χ0) is 29.9. The molecular weight excluding hydrogens is 550 g/mol. The third-order valence-electron chi connectivity index (χ3n) is 8.44. The lowest BCUT2D eigenvalue weighted by Gasteiger charge is -2.27. The van der Waals surface area contributed by atoms with Crippen LogP contribution in [-0.4, -0.2) is 43.8 Å². The molecule has 1 aliphatic heterocycles. The minimum Gasteiger partial charge on any atom is -0.489 e. The van der Waals surface area contributed by atoms with Gasteiger partial charge in [-0.3, -0.25) is 14.4 Å². The standard InChI is InChI=1S/C36H35N5O3/c42-18-17-41-34-15-16-40(22-28-21-37-33-19-29(13-14-31(28)33)44-24-25-7-2-1-3-8-25)23-32(34)35(39-41)36(43)38-20-27-11-6-10-26-9-4-5-12-30(26)27/h1-14,19,21,37,42H,15-18,20,22-24H2,(H,38,43). The molecular formula is C36H35N5O3. The van der Waals surface area contributed by atoms with E-state index in [0.717, 1.165) is 69.3 Å². The molecule has 0 unspecified atom stereocenters. The van der Waals surface area contributed by atoms with Gasteiger partial charge in [0, 0.05) is 67.0 Å². The maximum absolute atomic E-state index is 13.5. The van der Waals surface area contributed by atoms with Crippen molar-refractivity contribution < 1.29 is 14.6 Å². The average Bonchev–Trinajstić information content (AvgIpc) is 3.63. The van der Waals surface area contributed by atoms with Gasteiger partial charge >= 0.3 is 0 Å². The van der Waals surface area contributed by atoms with Crippen LogP contribution in [-0.2, 0) is 39.2 Å². The van der Waals surface area contributed by atoms with Gasteiger partial charge in [-0.2, -0.15) is 5.10 Å². The maximum Gasteiger partial charge on any atom is 0.272 e. The molecule has 0 aliphatic carbocycles. The van der Waals surface area contributed by atoms with Crippen molar-refractivity contribution >= 4 is 27.6 Å². The Morgan fingerprint density at radius 1 is 0.955 bits per heavy atom. The summed E-state index contributed by atoms with van der Waals surface area (Å²) < 4.78 is 7.84. The van der Waals surface area contributed by atoms with Crippen molar-refractivity contribution in [2.45, 2.75) is 39.2 Å². The highest BCUT2D eigenvalue weighted by Crippen LogP contribution is 2.28. The summed E-state index contributed by atoms with van der Waals surface area (Å²) in [6.07, 6.45) is 2.83. The Hall–Kier alpha value is -4.92. The van der Waals surface area contributed by atoms with Crippen LogP contribution >= 0.6 is 0 Å². The van der Waals surface area contributed by atoms with Gasteiger partial charge in [-0.05, 0) is 39.6 Å². The minimum absolute atomic E-state index is 0.0265. The fourth-order valence-electron chi connectivity index (χ4n) is 6.22. The Balaban J connectivity index is 1.06. The Morgan fingerprint density at radius 3 is 2.68 bits per heavy atom. The van der Waals surface area contributed by atoms with Gasteiger partial charge in [0.25, 0.3) is 5.91 Å². The number of aromatic amines is 1. The topological polar surface area (TPSA) is 95.4 Å². The summed E-state index contributed by atoms with van der Waals surface area (Å²) in [6, 6.07) is 30.7. The van der Waals surface area contributed by atoms with E-state index in [-0.39, 0.29) is 12.5 Å². The predicted octanol–water partition coefficient (Wildman–Crippen LogP) is 5.58. The number of benzene rings is 4. The predicted molar refractivity (Wildman–Crippen MR) is 171 cm³/mol. The zero-order valence-electron chi connectivity index (χ0n) is 24.5. The second-order valence-corrected chi connectivity index (χ2v) is 11.3. The highest BCUT2D eigenvalue weighted by Gasteiger charge is 2.28. The normalized spacial score (nSPS) is 13.3. The summed E-state index contributed by atoms with van der Waals surface area (Å²) in [5, 5.41) is 20.9. The SMILES string of the molecule is O=C(NCc1cccc2ccccc12)c1nn(CCO)c2c1CN(Cc1c[nH]c3cc(OCc4ccccc4)ccc13)CC2. The summed E-state index contributed by atoms with van der Waals surface area (Å²) in [5.41, 5.74) is 6.84. The Kier molecular flexibility index (Phi) is 7.83. The van der Waals surface area contributed by atoms with Crippen molar-refractivity contribution in [2.75, 3.05) is 13.2 Å². The van der Waals surface area contributed by atoms with Crippen molar-refractivity contribution in [3.63, 3.8) is 0 Å². The molecule has 1 aliphatic rings. The van der Waals surface area contributed by atoms with E-state index in [9.17, 15) is 9.90 Å². The number of rotatable bonds is 10. The van der Waals surface area contributed by atoms with E-state index in [1.54, 1.807) is 0 Å². The molecule has 0 fully saturated rings. The first-order valence-corrected chi connectivity index (χ1v) is 15.1. The molecule has 8 heteroatoms. The van der Waals surface area contributed by atoms with E-state index >= 15 is 0 Å². The van der Waals surface area contributed by atoms with Gasteiger partial charge < -0.3 is 20.1 Å². The van der Waals surface area contributed by atoms with Crippen LogP contribution in [0.1, 0.15) is 38.4 Å². The van der Waals surface area contributed by atoms with Crippen LogP contribution in [0.25, 0.3) is 21.7 Å². The van der Waals surface area contributed by atoms with E-state index in [0.29, 0.717) is 31.9 Å². The summed E-state index contributed by atoms with van der Waals surface area (Å²) in [6.45, 7) is 3.48. The number of aliphatic hydroxyl groups excluding tert-OH is 1. The van der Waals surface area contributed by atoms with Gasteiger partial charge in [0.05, 0.1) is 13.2 Å². The largest absolute Gasteiger partial charge is 0.489 e. The van der Waals surface area contributed by atoms with Crippen molar-refractivity contribution in [2.24, 2.45) is 0 Å². The number of hydrogen-bond acceptors (Lipinski definition) is 5. The highest BCUT2D eigenvalue weighted by molar-refractivity contribution is 5.94. The molecule has 3 heterocycles. The Labute approximate surface area is 255 Å². The van der Waals surface area contributed by atoms with Crippen LogP contribution in [0.5, 0.6) is 5.75 Å². The van der Waals surface area contributed by atoms with Crippen LogP contribution in [0.4, 0.5) is 0 Å². The van der Waals surface area contributed by atoms with Gasteiger partial charge in [0.2, 0.25) is 0 Å². The fourth-order valence-corrected chi connectivity index (χ4v) is 6.22. The molecule has 222 valence electrons. The number of amides is 1. The lowest BCUT2D eigenvalue weighted by Crippen LogP contribution is -2.32. The molecule has 6 aromatic rings. The van der Waals surface area contributed by atoms with Crippen molar-refractivity contribution in [1.29, 1.82) is 0 Å². The quantitative estimate of drug-likeness (QED) is 0.195. The fraction of sp³-hybridized carbons (Fsp3) is 0.222. The summed E-state index contributed by atoms with van der Waals surface area (Å²) in [4.78, 5) is 19.3. The van der Waals surface area contributed by atoms with Gasteiger partial charge in [-0.1, -0.05) is 72.8 Å². The first kappa shape index (κ1) is 27.9. The molecule has 8 nitrogen and oxygen atoms in total. The molecule has 44 heavy (non-hydrogen) atoms. The number of aromatic nitrogens is 3. The molecule has 1 amide bonds. The van der Waals surface area contributed by atoms with E-state index in [2.05, 4.69) is 62.9 Å². The molecule has 0 radical (unpaired) electrons. The molecule has 0 saturated carbocycles. The molecule has 3 N–H and O–H groups in total. The minimum atomic E-state index is -0.192. The van der Waals surface area contributed by atoms with Gasteiger partial charge in [-0.15, -0.1) is 0 Å². The molecule has 0 bridgehead atoms. The number of nitrogens with one attached hydrogen (secondary N) is 2. The summed E-state index contributed by atoms with van der Waals surface area (Å²) >= 11 is 0. The number of nitrogens with zero attached hydrogens (tertiary/aromatic N) is 3. The molecule has 2 aromatic heterocycles. The van der Waals surface area contributed by atoms with E-state index in [1.807, 2.05) is 59.3 Å². The van der Waals surface area contributed by atoms with Crippen molar-refractivity contribution in [3.8, 4) is 5.75 Å².